The summed E-state index contributed by atoms with van der Waals surface area (Å²) in [5.41, 5.74) is 16.9. The summed E-state index contributed by atoms with van der Waals surface area (Å²) >= 11 is 0. The Kier molecular flexibility index (Phi) is 8.11. The van der Waals surface area contributed by atoms with E-state index in [0.717, 1.165) is 6.42 Å². The molecule has 264 valence electrons. The van der Waals surface area contributed by atoms with Crippen LogP contribution in [0.2, 0.25) is 0 Å². The summed E-state index contributed by atoms with van der Waals surface area (Å²) in [6.45, 7) is 4.76. The molecule has 0 radical (unpaired) electrons. The van der Waals surface area contributed by atoms with Crippen molar-refractivity contribution in [3.63, 3.8) is 0 Å². The molecule has 1 aromatic heterocycles. The van der Waals surface area contributed by atoms with E-state index in [9.17, 15) is 0 Å². The van der Waals surface area contributed by atoms with Gasteiger partial charge in [0, 0.05) is 27.8 Å². The van der Waals surface area contributed by atoms with Crippen LogP contribution in [0.5, 0.6) is 0 Å². The molecule has 0 N–H and O–H groups in total. The monoisotopic (exact) mass is 705 g/mol. The second-order valence-corrected chi connectivity index (χ2v) is 15.7. The summed E-state index contributed by atoms with van der Waals surface area (Å²) in [6.07, 6.45) is 12.6. The van der Waals surface area contributed by atoms with Gasteiger partial charge in [0.1, 0.15) is 0 Å². The van der Waals surface area contributed by atoms with Gasteiger partial charge in [0.05, 0.1) is 11.0 Å². The van der Waals surface area contributed by atoms with E-state index in [1.165, 1.54) is 83.1 Å². The molecule has 10 rings (SSSR count). The molecule has 55 heavy (non-hydrogen) atoms. The van der Waals surface area contributed by atoms with Gasteiger partial charge in [-0.05, 0) is 104 Å². The van der Waals surface area contributed by atoms with Gasteiger partial charge in [-0.1, -0.05) is 178 Å². The molecule has 0 aliphatic heterocycles. The number of rotatable bonds is 7. The lowest BCUT2D eigenvalue weighted by molar-refractivity contribution is 0.628. The Labute approximate surface area is 324 Å². The Morgan fingerprint density at radius 2 is 1.24 bits per heavy atom. The fraction of sp³-hybridized carbons (Fsp3) is 0.111. The van der Waals surface area contributed by atoms with E-state index in [0.29, 0.717) is 0 Å². The van der Waals surface area contributed by atoms with Crippen molar-refractivity contribution in [1.29, 1.82) is 0 Å². The second kappa shape index (κ2) is 13.4. The number of para-hydroxylation sites is 2. The van der Waals surface area contributed by atoms with E-state index < -0.39 is 0 Å². The lowest BCUT2D eigenvalue weighted by Gasteiger charge is -2.25. The van der Waals surface area contributed by atoms with Crippen LogP contribution in [-0.4, -0.2) is 4.57 Å². The van der Waals surface area contributed by atoms with Crippen molar-refractivity contribution in [3.8, 4) is 27.9 Å². The quantitative estimate of drug-likeness (QED) is 0.156. The van der Waals surface area contributed by atoms with Gasteiger partial charge in [-0.2, -0.15) is 0 Å². The highest BCUT2D eigenvalue weighted by Crippen LogP contribution is 2.50. The van der Waals surface area contributed by atoms with E-state index in [1.807, 2.05) is 0 Å². The van der Waals surface area contributed by atoms with Crippen molar-refractivity contribution in [2.24, 2.45) is 5.92 Å². The molecule has 1 heterocycles. The fourth-order valence-electron chi connectivity index (χ4n) is 9.29. The number of allylic oxidation sites excluding steroid dienone is 6. The third-order valence-corrected chi connectivity index (χ3v) is 12.1. The summed E-state index contributed by atoms with van der Waals surface area (Å²) in [7, 11) is 0. The van der Waals surface area contributed by atoms with E-state index in [-0.39, 0.29) is 17.3 Å². The maximum absolute atomic E-state index is 2.51. The number of fused-ring (bicyclic) bond motifs is 6. The molecule has 0 bridgehead atoms. The predicted octanol–water partition coefficient (Wildman–Crippen LogP) is 14.1. The zero-order valence-corrected chi connectivity index (χ0v) is 31.4. The van der Waals surface area contributed by atoms with Crippen molar-refractivity contribution in [1.82, 2.24) is 4.57 Å². The number of benzene rings is 7. The third-order valence-electron chi connectivity index (χ3n) is 12.1. The zero-order valence-electron chi connectivity index (χ0n) is 31.4. The topological polar surface area (TPSA) is 4.93 Å². The molecule has 1 nitrogen and oxygen atoms in total. The maximum atomic E-state index is 2.51. The first kappa shape index (κ1) is 33.2. The molecule has 0 amide bonds. The number of hydrogen-bond donors (Lipinski definition) is 0. The molecule has 2 aliphatic rings. The first-order chi connectivity index (χ1) is 27.0. The van der Waals surface area contributed by atoms with Crippen molar-refractivity contribution in [3.05, 3.63) is 228 Å². The summed E-state index contributed by atoms with van der Waals surface area (Å²) in [5.74, 6) is 0.519. The molecular formula is C54H43N. The first-order valence-electron chi connectivity index (χ1n) is 19.6. The van der Waals surface area contributed by atoms with Crippen LogP contribution in [0.25, 0.3) is 55.3 Å². The minimum Gasteiger partial charge on any atom is -0.309 e. The molecule has 8 aromatic rings. The molecule has 0 saturated heterocycles. The lowest BCUT2D eigenvalue weighted by Crippen LogP contribution is -2.16. The van der Waals surface area contributed by atoms with Crippen LogP contribution in [0.1, 0.15) is 54.0 Å². The van der Waals surface area contributed by atoms with Gasteiger partial charge in [-0.25, -0.2) is 0 Å². The van der Waals surface area contributed by atoms with E-state index in [1.54, 1.807) is 0 Å². The molecule has 7 aromatic carbocycles. The van der Waals surface area contributed by atoms with Crippen LogP contribution >= 0.6 is 0 Å². The van der Waals surface area contributed by atoms with Crippen LogP contribution in [0.4, 0.5) is 0 Å². The first-order valence-corrected chi connectivity index (χ1v) is 19.6. The molecule has 1 heteroatoms. The zero-order chi connectivity index (χ0) is 36.9. The molecule has 2 aliphatic carbocycles. The van der Waals surface area contributed by atoms with Crippen LogP contribution in [0, 0.1) is 5.92 Å². The van der Waals surface area contributed by atoms with Gasteiger partial charge < -0.3 is 4.57 Å². The van der Waals surface area contributed by atoms with E-state index in [4.69, 9.17) is 0 Å². The summed E-state index contributed by atoms with van der Waals surface area (Å²) < 4.78 is 2.38. The van der Waals surface area contributed by atoms with Crippen molar-refractivity contribution < 1.29 is 0 Å². The highest BCUT2D eigenvalue weighted by Gasteiger charge is 2.36. The van der Waals surface area contributed by atoms with Crippen molar-refractivity contribution in [2.75, 3.05) is 0 Å². The Balaban J connectivity index is 0.997. The van der Waals surface area contributed by atoms with Crippen LogP contribution in [-0.2, 0) is 5.41 Å². The van der Waals surface area contributed by atoms with Gasteiger partial charge >= 0.3 is 0 Å². The Morgan fingerprint density at radius 1 is 0.527 bits per heavy atom. The smallest absolute Gasteiger partial charge is 0.0541 e. The molecule has 2 atom stereocenters. The molecule has 0 spiro atoms. The summed E-state index contributed by atoms with van der Waals surface area (Å²) in [4.78, 5) is 0. The lowest BCUT2D eigenvalue weighted by atomic mass is 9.78. The summed E-state index contributed by atoms with van der Waals surface area (Å²) in [5, 5.41) is 2.54. The largest absolute Gasteiger partial charge is 0.309 e. The van der Waals surface area contributed by atoms with Crippen molar-refractivity contribution >= 4 is 27.4 Å². The minimum atomic E-state index is -0.0309. The number of hydrogen-bond acceptors (Lipinski definition) is 0. The average molecular weight is 706 g/mol. The van der Waals surface area contributed by atoms with Crippen molar-refractivity contribution in [2.45, 2.75) is 31.6 Å². The third kappa shape index (κ3) is 5.79. The van der Waals surface area contributed by atoms with Crippen LogP contribution < -0.4 is 0 Å². The normalized spacial score (nSPS) is 16.1. The molecule has 2 unspecified atom stereocenters. The highest BCUT2D eigenvalue weighted by molar-refractivity contribution is 6.10. The van der Waals surface area contributed by atoms with E-state index in [2.05, 4.69) is 219 Å². The van der Waals surface area contributed by atoms with Gasteiger partial charge in [-0.15, -0.1) is 0 Å². The maximum Gasteiger partial charge on any atom is 0.0541 e. The van der Waals surface area contributed by atoms with E-state index >= 15 is 0 Å². The molecule has 0 saturated carbocycles. The molecule has 0 fully saturated rings. The van der Waals surface area contributed by atoms with Gasteiger partial charge in [0.25, 0.3) is 0 Å². The minimum absolute atomic E-state index is 0.0309. The summed E-state index contributed by atoms with van der Waals surface area (Å²) in [6, 6.07) is 62.8. The van der Waals surface area contributed by atoms with Crippen LogP contribution in [0.15, 0.2) is 200 Å². The number of nitrogens with zero attached hydrogens (tertiary/aromatic N) is 1. The second-order valence-electron chi connectivity index (χ2n) is 15.7. The van der Waals surface area contributed by atoms with Crippen LogP contribution in [0.3, 0.4) is 0 Å². The Bertz CT molecular complexity index is 2810. The van der Waals surface area contributed by atoms with Gasteiger partial charge in [-0.3, -0.25) is 0 Å². The Hall–Kier alpha value is -6.44. The van der Waals surface area contributed by atoms with Gasteiger partial charge in [0.15, 0.2) is 0 Å². The Morgan fingerprint density at radius 3 is 2.11 bits per heavy atom. The fourth-order valence-corrected chi connectivity index (χ4v) is 9.29. The standard InChI is InChI=1S/C54H43N/c1-54(2)50-26-13-11-24-45(50)46-30-28-43(36-51(46)54)48(38-17-5-3-6-18-38)33-37-16-9-10-19-39(32-37)40-20-15-21-41(34-40)42-29-31-53-49(35-42)47-25-12-14-27-52(47)55(53)44-22-7-4-8-23-44/h3-32,34-37,48H,33H2,1-2H3. The predicted molar refractivity (Wildman–Crippen MR) is 233 cm³/mol. The highest BCUT2D eigenvalue weighted by atomic mass is 15.0. The SMILES string of the molecule is CC1(C)c2ccccc2-c2ccc(C(CC3C=CC=CC(c4cccc(-c5ccc6c(c5)c5ccccc5n6-c5ccccc5)c4)=C3)c3ccccc3)cc21. The molecular weight excluding hydrogens is 663 g/mol. The number of aromatic nitrogens is 1. The van der Waals surface area contributed by atoms with Gasteiger partial charge in [0.2, 0.25) is 0 Å². The average Bonchev–Trinajstić information content (AvgIpc) is 3.54.